The maximum absolute atomic E-state index is 12.5. The zero-order valence-electron chi connectivity index (χ0n) is 13.0. The Kier molecular flexibility index (Phi) is 4.85. The number of carbonyl (C=O) groups excluding carboxylic acids is 2. The molecule has 140 valence electrons. The highest BCUT2D eigenvalue weighted by molar-refractivity contribution is 6.32. The molecule has 0 bridgehead atoms. The molecule has 3 aromatic heterocycles. The van der Waals surface area contributed by atoms with E-state index in [4.69, 9.17) is 16.3 Å². The van der Waals surface area contributed by atoms with Gasteiger partial charge in [-0.2, -0.15) is 27.7 Å². The van der Waals surface area contributed by atoms with Crippen LogP contribution in [-0.2, 0) is 17.5 Å². The number of ether oxygens (including phenoxy) is 1. The van der Waals surface area contributed by atoms with Crippen LogP contribution in [0.4, 0.5) is 13.2 Å². The molecule has 0 fully saturated rings. The van der Waals surface area contributed by atoms with E-state index in [2.05, 4.69) is 25.5 Å². The van der Waals surface area contributed by atoms with Crippen LogP contribution < -0.4 is 4.74 Å². The van der Waals surface area contributed by atoms with Crippen molar-refractivity contribution in [3.05, 3.63) is 40.9 Å². The summed E-state index contributed by atoms with van der Waals surface area (Å²) in [7, 11) is 0. The van der Waals surface area contributed by atoms with E-state index in [-0.39, 0.29) is 28.9 Å². The van der Waals surface area contributed by atoms with E-state index >= 15 is 0 Å². The Morgan fingerprint density at radius 3 is 2.74 bits per heavy atom. The number of tetrazole rings is 1. The van der Waals surface area contributed by atoms with E-state index in [0.717, 1.165) is 10.7 Å². The number of ketones is 1. The number of hydrogen-bond acceptors (Lipinski definition) is 8. The van der Waals surface area contributed by atoms with Gasteiger partial charge in [-0.1, -0.05) is 11.6 Å². The lowest BCUT2D eigenvalue weighted by molar-refractivity contribution is -0.145. The maximum atomic E-state index is 12.5. The molecule has 3 heterocycles. The number of halogens is 4. The Bertz CT molecular complexity index is 1000. The summed E-state index contributed by atoms with van der Waals surface area (Å²) in [5, 5.41) is 13.2. The van der Waals surface area contributed by atoms with Crippen molar-refractivity contribution in [1.82, 2.24) is 35.0 Å². The standard InChI is InChI=1S/C13H7ClF3N7O3/c14-7-2-1-3-18-11(7)24-10(27-6-25)4-8(20-24)9(26)5-23-21-12(19-22-23)13(15,16)17/h1-4,6H,5H2. The molecule has 3 rings (SSSR count). The van der Waals surface area contributed by atoms with Crippen LogP contribution in [0.25, 0.3) is 5.82 Å². The molecule has 0 unspecified atom stereocenters. The first-order valence-corrected chi connectivity index (χ1v) is 7.37. The molecule has 10 nitrogen and oxygen atoms in total. The minimum absolute atomic E-state index is 0.0771. The molecule has 0 aromatic carbocycles. The smallest absolute Gasteiger partial charge is 0.409 e. The van der Waals surface area contributed by atoms with Gasteiger partial charge in [0, 0.05) is 12.3 Å². The number of alkyl halides is 3. The summed E-state index contributed by atoms with van der Waals surface area (Å²) >= 11 is 6.00. The minimum atomic E-state index is -4.79. The van der Waals surface area contributed by atoms with E-state index < -0.39 is 24.3 Å². The second-order valence-corrected chi connectivity index (χ2v) is 5.27. The van der Waals surface area contributed by atoms with Gasteiger partial charge in [0.15, 0.2) is 5.82 Å². The van der Waals surface area contributed by atoms with E-state index in [0.29, 0.717) is 4.80 Å². The molecule has 3 aromatic rings. The van der Waals surface area contributed by atoms with Crippen LogP contribution in [-0.4, -0.2) is 47.2 Å². The Hall–Kier alpha value is -3.35. The Labute approximate surface area is 152 Å². The van der Waals surface area contributed by atoms with Crippen molar-refractivity contribution in [3.63, 3.8) is 0 Å². The van der Waals surface area contributed by atoms with Crippen LogP contribution >= 0.6 is 11.6 Å². The molecule has 0 radical (unpaired) electrons. The van der Waals surface area contributed by atoms with Gasteiger partial charge in [0.1, 0.15) is 12.2 Å². The van der Waals surface area contributed by atoms with Gasteiger partial charge in [-0.15, -0.1) is 10.2 Å². The third kappa shape index (κ3) is 3.92. The van der Waals surface area contributed by atoms with Crippen molar-refractivity contribution in [1.29, 1.82) is 0 Å². The monoisotopic (exact) mass is 401 g/mol. The molecule has 0 aliphatic heterocycles. The average molecular weight is 402 g/mol. The van der Waals surface area contributed by atoms with E-state index in [1.54, 1.807) is 6.07 Å². The number of aromatic nitrogens is 7. The van der Waals surface area contributed by atoms with Crippen LogP contribution in [0, 0.1) is 0 Å². The molecule has 27 heavy (non-hydrogen) atoms. The van der Waals surface area contributed by atoms with E-state index in [1.165, 1.54) is 12.3 Å². The summed E-state index contributed by atoms with van der Waals surface area (Å²) in [4.78, 5) is 27.4. The highest BCUT2D eigenvalue weighted by Gasteiger charge is 2.37. The van der Waals surface area contributed by atoms with Crippen molar-refractivity contribution in [3.8, 4) is 11.7 Å². The molecular weight excluding hydrogens is 395 g/mol. The number of rotatable bonds is 6. The van der Waals surface area contributed by atoms with Gasteiger partial charge < -0.3 is 4.74 Å². The predicted molar refractivity (Wildman–Crippen MR) is 80.2 cm³/mol. The zero-order chi connectivity index (χ0) is 19.6. The average Bonchev–Trinajstić information content (AvgIpc) is 3.23. The summed E-state index contributed by atoms with van der Waals surface area (Å²) in [6.45, 7) is -0.566. The SMILES string of the molecule is O=COc1cc(C(=O)Cn2nnc(C(F)(F)F)n2)nn1-c1ncccc1Cl. The molecule has 0 aliphatic rings. The summed E-state index contributed by atoms with van der Waals surface area (Å²) in [5.41, 5.74) is -0.237. The van der Waals surface area contributed by atoms with E-state index in [9.17, 15) is 22.8 Å². The van der Waals surface area contributed by atoms with Gasteiger partial charge in [-0.25, -0.2) is 4.98 Å². The van der Waals surface area contributed by atoms with Gasteiger partial charge >= 0.3 is 6.18 Å². The molecule has 14 heteroatoms. The summed E-state index contributed by atoms with van der Waals surface area (Å²) in [6, 6.07) is 4.15. The van der Waals surface area contributed by atoms with Crippen LogP contribution in [0.2, 0.25) is 5.02 Å². The van der Waals surface area contributed by atoms with Crippen molar-refractivity contribution in [2.75, 3.05) is 0 Å². The number of hydrogen-bond donors (Lipinski definition) is 0. The first kappa shape index (κ1) is 18.4. The molecule has 0 aliphatic carbocycles. The molecule has 0 spiro atoms. The fourth-order valence-electron chi connectivity index (χ4n) is 1.95. The highest BCUT2D eigenvalue weighted by atomic mass is 35.5. The molecule has 0 atom stereocenters. The fourth-order valence-corrected chi connectivity index (χ4v) is 2.15. The van der Waals surface area contributed by atoms with Gasteiger partial charge in [0.2, 0.25) is 11.7 Å². The Morgan fingerprint density at radius 2 is 2.11 bits per heavy atom. The van der Waals surface area contributed by atoms with Crippen molar-refractivity contribution >= 4 is 23.9 Å². The first-order valence-electron chi connectivity index (χ1n) is 6.99. The fraction of sp³-hybridized carbons (Fsp3) is 0.154. The molecule has 0 saturated carbocycles. The molecule has 0 saturated heterocycles. The number of pyridine rings is 1. The number of carbonyl (C=O) groups is 2. The van der Waals surface area contributed by atoms with Gasteiger partial charge in [-0.3, -0.25) is 9.59 Å². The quantitative estimate of drug-likeness (QED) is 0.448. The van der Waals surface area contributed by atoms with Crippen LogP contribution in [0.15, 0.2) is 24.4 Å². The van der Waals surface area contributed by atoms with Crippen LogP contribution in [0.5, 0.6) is 5.88 Å². The van der Waals surface area contributed by atoms with Crippen molar-refractivity contribution in [2.24, 2.45) is 0 Å². The minimum Gasteiger partial charge on any atom is -0.409 e. The molecular formula is C13H7ClF3N7O3. The van der Waals surface area contributed by atoms with Gasteiger partial charge in [0.05, 0.1) is 5.02 Å². The van der Waals surface area contributed by atoms with E-state index in [1.807, 2.05) is 0 Å². The highest BCUT2D eigenvalue weighted by Crippen LogP contribution is 2.25. The lowest BCUT2D eigenvalue weighted by atomic mass is 10.3. The summed E-state index contributed by atoms with van der Waals surface area (Å²) in [5.74, 6) is -2.33. The summed E-state index contributed by atoms with van der Waals surface area (Å²) < 4.78 is 43.2. The summed E-state index contributed by atoms with van der Waals surface area (Å²) in [6.07, 6.45) is -3.39. The Balaban J connectivity index is 1.89. The van der Waals surface area contributed by atoms with Gasteiger partial charge in [0.25, 0.3) is 12.3 Å². The lowest BCUT2D eigenvalue weighted by Gasteiger charge is -2.05. The van der Waals surface area contributed by atoms with Crippen LogP contribution in [0.3, 0.4) is 0 Å². The second-order valence-electron chi connectivity index (χ2n) is 4.87. The largest absolute Gasteiger partial charge is 0.455 e. The second kappa shape index (κ2) is 7.11. The zero-order valence-corrected chi connectivity index (χ0v) is 13.7. The van der Waals surface area contributed by atoms with Crippen molar-refractivity contribution < 1.29 is 27.5 Å². The third-order valence-electron chi connectivity index (χ3n) is 3.06. The normalized spacial score (nSPS) is 11.4. The lowest BCUT2D eigenvalue weighted by Crippen LogP contribution is -2.15. The van der Waals surface area contributed by atoms with Crippen molar-refractivity contribution in [2.45, 2.75) is 12.7 Å². The molecule has 0 amide bonds. The topological polar surface area (TPSA) is 118 Å². The van der Waals surface area contributed by atoms with Gasteiger partial charge in [-0.05, 0) is 17.3 Å². The maximum Gasteiger partial charge on any atom is 0.455 e. The predicted octanol–water partition coefficient (Wildman–Crippen LogP) is 1.34. The number of nitrogens with zero attached hydrogens (tertiary/aromatic N) is 7. The van der Waals surface area contributed by atoms with Crippen LogP contribution in [0.1, 0.15) is 16.3 Å². The Morgan fingerprint density at radius 1 is 1.33 bits per heavy atom. The third-order valence-corrected chi connectivity index (χ3v) is 3.36. The molecule has 0 N–H and O–H groups in total. The number of Topliss-reactive ketones (excluding diaryl/α,β-unsaturated/α-hetero) is 1. The first-order chi connectivity index (χ1) is 12.8.